The number of rotatable bonds is 20. The molecule has 0 aliphatic carbocycles. The van der Waals surface area contributed by atoms with Gasteiger partial charge in [-0.15, -0.1) is 0 Å². The molecule has 0 aliphatic heterocycles. The first-order valence-corrected chi connectivity index (χ1v) is 11.2. The second-order valence-corrected chi connectivity index (χ2v) is 6.94. The molecule has 0 aliphatic rings. The lowest BCUT2D eigenvalue weighted by Gasteiger charge is -2.09. The summed E-state index contributed by atoms with van der Waals surface area (Å²) < 4.78 is 27.6. The van der Waals surface area contributed by atoms with E-state index in [2.05, 4.69) is 19.6 Å². The van der Waals surface area contributed by atoms with Crippen LogP contribution < -0.4 is 9.47 Å². The van der Waals surface area contributed by atoms with Gasteiger partial charge in [0, 0.05) is 5.75 Å². The van der Waals surface area contributed by atoms with Gasteiger partial charge in [0.1, 0.15) is 18.1 Å². The van der Waals surface area contributed by atoms with Crippen molar-refractivity contribution >= 4 is 12.6 Å². The minimum absolute atomic E-state index is 0.517. The lowest BCUT2D eigenvalue weighted by Crippen LogP contribution is -2.13. The smallest absolute Gasteiger partial charge is 0.119 e. The van der Waals surface area contributed by atoms with Gasteiger partial charge in [0.2, 0.25) is 0 Å². The molecule has 6 heteroatoms. The number of thiol groups is 1. The van der Waals surface area contributed by atoms with Gasteiger partial charge in [0.15, 0.2) is 0 Å². The predicted octanol–water partition coefficient (Wildman–Crippen LogP) is 4.78. The van der Waals surface area contributed by atoms with E-state index in [-0.39, 0.29) is 0 Å². The standard InChI is InChI=1S/C22H38O5S/c1-2-3-4-5-6-7-12-26-21-8-10-22(11-9-21)27-18-17-24-14-13-23-15-16-25-19-20-28/h8-11,28H,2-7,12-20H2,1H3. The van der Waals surface area contributed by atoms with Gasteiger partial charge in [-0.25, -0.2) is 0 Å². The van der Waals surface area contributed by atoms with E-state index < -0.39 is 0 Å². The highest BCUT2D eigenvalue weighted by molar-refractivity contribution is 7.80. The highest BCUT2D eigenvalue weighted by Gasteiger charge is 1.98. The van der Waals surface area contributed by atoms with Crippen molar-refractivity contribution in [1.82, 2.24) is 0 Å². The Morgan fingerprint density at radius 2 is 1.04 bits per heavy atom. The number of hydrogen-bond donors (Lipinski definition) is 1. The molecule has 1 aromatic rings. The SMILES string of the molecule is CCCCCCCCOc1ccc(OCCOCCOCCOCCS)cc1. The average Bonchev–Trinajstić information content (AvgIpc) is 2.72. The maximum absolute atomic E-state index is 5.77. The van der Waals surface area contributed by atoms with E-state index in [1.165, 1.54) is 32.1 Å². The van der Waals surface area contributed by atoms with Crippen molar-refractivity contribution in [1.29, 1.82) is 0 Å². The predicted molar refractivity (Wildman–Crippen MR) is 117 cm³/mol. The normalized spacial score (nSPS) is 10.9. The van der Waals surface area contributed by atoms with Crippen LogP contribution in [0.4, 0.5) is 0 Å². The Hall–Kier alpha value is -0.950. The van der Waals surface area contributed by atoms with Gasteiger partial charge >= 0.3 is 0 Å². The van der Waals surface area contributed by atoms with Crippen LogP contribution in [-0.2, 0) is 14.2 Å². The second kappa shape index (κ2) is 19.4. The van der Waals surface area contributed by atoms with Crippen LogP contribution in [0.1, 0.15) is 45.4 Å². The zero-order valence-electron chi connectivity index (χ0n) is 17.4. The van der Waals surface area contributed by atoms with E-state index in [9.17, 15) is 0 Å². The van der Waals surface area contributed by atoms with Crippen LogP contribution in [0.15, 0.2) is 24.3 Å². The Morgan fingerprint density at radius 3 is 1.61 bits per heavy atom. The van der Waals surface area contributed by atoms with Gasteiger partial charge in [-0.2, -0.15) is 12.6 Å². The summed E-state index contributed by atoms with van der Waals surface area (Å²) in [5, 5.41) is 0. The lowest BCUT2D eigenvalue weighted by atomic mass is 10.1. The third-order valence-corrected chi connectivity index (χ3v) is 4.25. The Labute approximate surface area is 176 Å². The van der Waals surface area contributed by atoms with E-state index in [4.69, 9.17) is 23.7 Å². The monoisotopic (exact) mass is 414 g/mol. The summed E-state index contributed by atoms with van der Waals surface area (Å²) in [6.45, 7) is 7.04. The molecule has 0 aromatic heterocycles. The van der Waals surface area contributed by atoms with E-state index >= 15 is 0 Å². The van der Waals surface area contributed by atoms with Gasteiger partial charge in [-0.3, -0.25) is 0 Å². The van der Waals surface area contributed by atoms with Crippen LogP contribution in [-0.4, -0.2) is 58.6 Å². The zero-order chi connectivity index (χ0) is 20.1. The zero-order valence-corrected chi connectivity index (χ0v) is 18.3. The Morgan fingerprint density at radius 1 is 0.571 bits per heavy atom. The summed E-state index contributed by atoms with van der Waals surface area (Å²) in [6.07, 6.45) is 7.64. The first-order valence-electron chi connectivity index (χ1n) is 10.6. The minimum Gasteiger partial charge on any atom is -0.494 e. The molecular formula is C22H38O5S. The van der Waals surface area contributed by atoms with E-state index in [1.54, 1.807) is 0 Å². The first-order chi connectivity index (χ1) is 13.9. The number of unbranched alkanes of at least 4 members (excludes halogenated alkanes) is 5. The van der Waals surface area contributed by atoms with Gasteiger partial charge in [-0.05, 0) is 30.7 Å². The fourth-order valence-corrected chi connectivity index (χ4v) is 2.66. The fourth-order valence-electron chi connectivity index (χ4n) is 2.53. The van der Waals surface area contributed by atoms with Crippen molar-refractivity contribution in [2.75, 3.05) is 58.6 Å². The highest BCUT2D eigenvalue weighted by atomic mass is 32.1. The third-order valence-electron chi connectivity index (χ3n) is 4.07. The third kappa shape index (κ3) is 15.0. The molecule has 28 heavy (non-hydrogen) atoms. The van der Waals surface area contributed by atoms with E-state index in [0.29, 0.717) is 46.2 Å². The van der Waals surface area contributed by atoms with Crippen LogP contribution in [0.5, 0.6) is 11.5 Å². The van der Waals surface area contributed by atoms with Gasteiger partial charge < -0.3 is 23.7 Å². The quantitative estimate of drug-likeness (QED) is 0.246. The molecule has 0 heterocycles. The molecule has 0 radical (unpaired) electrons. The lowest BCUT2D eigenvalue weighted by molar-refractivity contribution is 0.0118. The second-order valence-electron chi connectivity index (χ2n) is 6.50. The largest absolute Gasteiger partial charge is 0.494 e. The number of ether oxygens (including phenoxy) is 5. The Balaban J connectivity index is 1.93. The molecule has 0 atom stereocenters. The molecular weight excluding hydrogens is 376 g/mol. The molecule has 0 unspecified atom stereocenters. The van der Waals surface area contributed by atoms with Crippen molar-refractivity contribution in [3.8, 4) is 11.5 Å². The van der Waals surface area contributed by atoms with Gasteiger partial charge in [-0.1, -0.05) is 39.0 Å². The topological polar surface area (TPSA) is 46.2 Å². The highest BCUT2D eigenvalue weighted by Crippen LogP contribution is 2.18. The summed E-state index contributed by atoms with van der Waals surface area (Å²) in [4.78, 5) is 0. The Kier molecular flexibility index (Phi) is 17.4. The molecule has 0 fully saturated rings. The van der Waals surface area contributed by atoms with Gasteiger partial charge in [0.25, 0.3) is 0 Å². The summed E-state index contributed by atoms with van der Waals surface area (Å²) in [7, 11) is 0. The van der Waals surface area contributed by atoms with Crippen LogP contribution in [0, 0.1) is 0 Å². The molecule has 1 rings (SSSR count). The fraction of sp³-hybridized carbons (Fsp3) is 0.727. The van der Waals surface area contributed by atoms with Crippen LogP contribution >= 0.6 is 12.6 Å². The summed E-state index contributed by atoms with van der Waals surface area (Å²) in [5.74, 6) is 2.46. The summed E-state index contributed by atoms with van der Waals surface area (Å²) >= 11 is 4.07. The maximum Gasteiger partial charge on any atom is 0.119 e. The molecule has 162 valence electrons. The molecule has 0 saturated carbocycles. The minimum atomic E-state index is 0.517. The number of hydrogen-bond acceptors (Lipinski definition) is 6. The molecule has 0 amide bonds. The summed E-state index contributed by atoms with van der Waals surface area (Å²) in [5.41, 5.74) is 0. The van der Waals surface area contributed by atoms with Crippen molar-refractivity contribution in [3.63, 3.8) is 0 Å². The van der Waals surface area contributed by atoms with E-state index in [0.717, 1.165) is 30.3 Å². The molecule has 0 N–H and O–H groups in total. The molecule has 0 saturated heterocycles. The van der Waals surface area contributed by atoms with Crippen molar-refractivity contribution in [2.45, 2.75) is 45.4 Å². The van der Waals surface area contributed by atoms with Crippen molar-refractivity contribution in [3.05, 3.63) is 24.3 Å². The number of benzene rings is 1. The Bertz CT molecular complexity index is 441. The van der Waals surface area contributed by atoms with Crippen LogP contribution in [0.2, 0.25) is 0 Å². The molecule has 0 bridgehead atoms. The van der Waals surface area contributed by atoms with Crippen LogP contribution in [0.25, 0.3) is 0 Å². The molecule has 5 nitrogen and oxygen atoms in total. The summed E-state index contributed by atoms with van der Waals surface area (Å²) in [6, 6.07) is 7.78. The maximum atomic E-state index is 5.77. The van der Waals surface area contributed by atoms with Crippen molar-refractivity contribution < 1.29 is 23.7 Å². The molecule has 1 aromatic carbocycles. The van der Waals surface area contributed by atoms with Crippen LogP contribution in [0.3, 0.4) is 0 Å². The first kappa shape index (κ1) is 25.1. The molecule has 0 spiro atoms. The van der Waals surface area contributed by atoms with Crippen molar-refractivity contribution in [2.24, 2.45) is 0 Å². The average molecular weight is 415 g/mol. The van der Waals surface area contributed by atoms with E-state index in [1.807, 2.05) is 24.3 Å². The van der Waals surface area contributed by atoms with Gasteiger partial charge in [0.05, 0.1) is 46.2 Å².